The number of ether oxygens (including phenoxy) is 1. The Kier molecular flexibility index (Phi) is 6.11. The van der Waals surface area contributed by atoms with Gasteiger partial charge in [0.1, 0.15) is 0 Å². The van der Waals surface area contributed by atoms with E-state index in [4.69, 9.17) is 4.74 Å². The van der Waals surface area contributed by atoms with Gasteiger partial charge in [-0.1, -0.05) is 0 Å². The lowest BCUT2D eigenvalue weighted by Crippen LogP contribution is -2.36. The number of hydrogen-bond acceptors (Lipinski definition) is 4. The minimum Gasteiger partial charge on any atom is -0.389 e. The van der Waals surface area contributed by atoms with Crippen molar-refractivity contribution in [1.82, 2.24) is 5.32 Å². The summed E-state index contributed by atoms with van der Waals surface area (Å²) in [5, 5.41) is 13.8. The first-order valence-electron chi connectivity index (χ1n) is 6.12. The second kappa shape index (κ2) is 6.84. The van der Waals surface area contributed by atoms with Gasteiger partial charge in [0.25, 0.3) is 0 Å². The Hall–Kier alpha value is 0.230. The normalized spacial score (nSPS) is 23.6. The summed E-state index contributed by atoms with van der Waals surface area (Å²) in [6.07, 6.45) is 2.25. The highest BCUT2D eigenvalue weighted by molar-refractivity contribution is 8.00. The summed E-state index contributed by atoms with van der Waals surface area (Å²) in [5.41, 5.74) is -0.164. The summed E-state index contributed by atoms with van der Waals surface area (Å²) in [5.74, 6) is 1.29. The Labute approximate surface area is 103 Å². The van der Waals surface area contributed by atoms with E-state index in [1.54, 1.807) is 0 Å². The fourth-order valence-corrected chi connectivity index (χ4v) is 2.86. The molecule has 2 unspecified atom stereocenters. The number of nitrogens with one attached hydrogen (secondary N) is 1. The van der Waals surface area contributed by atoms with E-state index in [-0.39, 0.29) is 5.60 Å². The second-order valence-corrected chi connectivity index (χ2v) is 6.78. The predicted octanol–water partition coefficient (Wildman–Crippen LogP) is 1.65. The van der Waals surface area contributed by atoms with Gasteiger partial charge in [0.15, 0.2) is 0 Å². The fraction of sp³-hybridized carbons (Fsp3) is 1.00. The van der Waals surface area contributed by atoms with Crippen molar-refractivity contribution >= 4 is 11.8 Å². The van der Waals surface area contributed by atoms with Gasteiger partial charge >= 0.3 is 0 Å². The van der Waals surface area contributed by atoms with Gasteiger partial charge in [-0.25, -0.2) is 0 Å². The van der Waals surface area contributed by atoms with Crippen LogP contribution in [0, 0.1) is 0 Å². The van der Waals surface area contributed by atoms with Crippen molar-refractivity contribution in [2.24, 2.45) is 0 Å². The molecule has 0 amide bonds. The molecule has 1 aliphatic rings. The smallest absolute Gasteiger partial charge is 0.0897 e. The molecule has 1 rings (SSSR count). The SMILES string of the molecule is CC(C)(C)OCC(O)CNCC1CCCS1. The van der Waals surface area contributed by atoms with E-state index < -0.39 is 6.10 Å². The molecule has 3 nitrogen and oxygen atoms in total. The molecule has 0 aromatic heterocycles. The first kappa shape index (κ1) is 14.3. The molecule has 2 N–H and O–H groups in total. The molecule has 0 aliphatic carbocycles. The van der Waals surface area contributed by atoms with E-state index in [1.165, 1.54) is 18.6 Å². The molecule has 16 heavy (non-hydrogen) atoms. The zero-order chi connectivity index (χ0) is 12.0. The van der Waals surface area contributed by atoms with Crippen LogP contribution < -0.4 is 5.32 Å². The van der Waals surface area contributed by atoms with Crippen LogP contribution in [0.2, 0.25) is 0 Å². The van der Waals surface area contributed by atoms with Gasteiger partial charge in [0.2, 0.25) is 0 Å². The van der Waals surface area contributed by atoms with Crippen LogP contribution in [0.15, 0.2) is 0 Å². The van der Waals surface area contributed by atoms with E-state index in [9.17, 15) is 5.11 Å². The van der Waals surface area contributed by atoms with Gasteiger partial charge in [0, 0.05) is 18.3 Å². The lowest BCUT2D eigenvalue weighted by atomic mass is 10.2. The third-order valence-corrected chi connectivity index (χ3v) is 3.88. The average Bonchev–Trinajstić information content (AvgIpc) is 2.66. The number of hydrogen-bond donors (Lipinski definition) is 2. The topological polar surface area (TPSA) is 41.5 Å². The Morgan fingerprint density at radius 2 is 2.25 bits per heavy atom. The van der Waals surface area contributed by atoms with Crippen LogP contribution in [0.1, 0.15) is 33.6 Å². The van der Waals surface area contributed by atoms with Crippen LogP contribution in [0.25, 0.3) is 0 Å². The highest BCUT2D eigenvalue weighted by atomic mass is 32.2. The van der Waals surface area contributed by atoms with E-state index in [2.05, 4.69) is 5.32 Å². The molecule has 1 heterocycles. The van der Waals surface area contributed by atoms with Crippen molar-refractivity contribution in [3.63, 3.8) is 0 Å². The van der Waals surface area contributed by atoms with Crippen molar-refractivity contribution in [1.29, 1.82) is 0 Å². The Morgan fingerprint density at radius 3 is 2.81 bits per heavy atom. The van der Waals surface area contributed by atoms with Crippen molar-refractivity contribution in [2.75, 3.05) is 25.4 Å². The van der Waals surface area contributed by atoms with Crippen LogP contribution in [-0.4, -0.2) is 47.5 Å². The summed E-state index contributed by atoms with van der Waals surface area (Å²) >= 11 is 2.04. The minimum absolute atomic E-state index is 0.164. The molecular weight excluding hydrogens is 222 g/mol. The minimum atomic E-state index is -0.398. The maximum atomic E-state index is 9.69. The molecule has 96 valence electrons. The number of rotatable bonds is 6. The number of thioether (sulfide) groups is 1. The van der Waals surface area contributed by atoms with Crippen LogP contribution in [-0.2, 0) is 4.74 Å². The molecule has 0 saturated carbocycles. The quantitative estimate of drug-likeness (QED) is 0.749. The molecule has 1 saturated heterocycles. The van der Waals surface area contributed by atoms with Crippen LogP contribution in [0.3, 0.4) is 0 Å². The van der Waals surface area contributed by atoms with Gasteiger partial charge in [-0.05, 0) is 39.4 Å². The van der Waals surface area contributed by atoms with E-state index in [1.807, 2.05) is 32.5 Å². The molecule has 0 bridgehead atoms. The maximum Gasteiger partial charge on any atom is 0.0897 e. The van der Waals surface area contributed by atoms with Gasteiger partial charge in [0.05, 0.1) is 18.3 Å². The van der Waals surface area contributed by atoms with E-state index in [0.717, 1.165) is 11.8 Å². The molecule has 1 fully saturated rings. The standard InChI is InChI=1S/C12H25NO2S/c1-12(2,3)15-9-10(14)7-13-8-11-5-4-6-16-11/h10-11,13-14H,4-9H2,1-3H3. The van der Waals surface area contributed by atoms with Crippen molar-refractivity contribution < 1.29 is 9.84 Å². The largest absolute Gasteiger partial charge is 0.389 e. The maximum absolute atomic E-state index is 9.69. The lowest BCUT2D eigenvalue weighted by molar-refractivity contribution is -0.0478. The third-order valence-electron chi connectivity index (χ3n) is 2.48. The molecular formula is C12H25NO2S. The highest BCUT2D eigenvalue weighted by Gasteiger charge is 2.16. The van der Waals surface area contributed by atoms with Gasteiger partial charge in [-0.3, -0.25) is 0 Å². The number of aliphatic hydroxyl groups is 1. The second-order valence-electron chi connectivity index (χ2n) is 5.37. The molecule has 0 aromatic rings. The Balaban J connectivity index is 1.99. The first-order chi connectivity index (χ1) is 7.47. The monoisotopic (exact) mass is 247 g/mol. The molecule has 0 spiro atoms. The Morgan fingerprint density at radius 1 is 1.50 bits per heavy atom. The number of aliphatic hydroxyl groups excluding tert-OH is 1. The van der Waals surface area contributed by atoms with Crippen LogP contribution in [0.5, 0.6) is 0 Å². The van der Waals surface area contributed by atoms with Crippen molar-refractivity contribution in [3.05, 3.63) is 0 Å². The lowest BCUT2D eigenvalue weighted by Gasteiger charge is -2.22. The summed E-state index contributed by atoms with van der Waals surface area (Å²) in [4.78, 5) is 0. The van der Waals surface area contributed by atoms with Crippen molar-refractivity contribution in [2.45, 2.75) is 50.6 Å². The summed E-state index contributed by atoms with van der Waals surface area (Å²) < 4.78 is 5.52. The average molecular weight is 247 g/mol. The zero-order valence-electron chi connectivity index (χ0n) is 10.7. The molecule has 0 aromatic carbocycles. The van der Waals surface area contributed by atoms with Gasteiger partial charge in [-0.15, -0.1) is 0 Å². The van der Waals surface area contributed by atoms with Crippen LogP contribution in [0.4, 0.5) is 0 Å². The van der Waals surface area contributed by atoms with E-state index in [0.29, 0.717) is 13.2 Å². The summed E-state index contributed by atoms with van der Waals surface area (Å²) in [6.45, 7) is 8.06. The van der Waals surface area contributed by atoms with Gasteiger partial charge < -0.3 is 15.2 Å². The fourth-order valence-electron chi connectivity index (χ4n) is 1.62. The van der Waals surface area contributed by atoms with Gasteiger partial charge in [-0.2, -0.15) is 11.8 Å². The molecule has 1 aliphatic heterocycles. The molecule has 0 radical (unpaired) electrons. The van der Waals surface area contributed by atoms with Crippen molar-refractivity contribution in [3.8, 4) is 0 Å². The Bertz CT molecular complexity index is 188. The summed E-state index contributed by atoms with van der Waals surface area (Å²) in [7, 11) is 0. The van der Waals surface area contributed by atoms with E-state index >= 15 is 0 Å². The predicted molar refractivity (Wildman–Crippen MR) is 70.1 cm³/mol. The zero-order valence-corrected chi connectivity index (χ0v) is 11.5. The molecule has 2 atom stereocenters. The van der Waals surface area contributed by atoms with Crippen LogP contribution >= 0.6 is 11.8 Å². The highest BCUT2D eigenvalue weighted by Crippen LogP contribution is 2.25. The first-order valence-corrected chi connectivity index (χ1v) is 7.16. The third kappa shape index (κ3) is 6.74. The molecule has 4 heteroatoms. The summed E-state index contributed by atoms with van der Waals surface area (Å²) in [6, 6.07) is 0.